The van der Waals surface area contributed by atoms with Crippen LogP contribution in [0.4, 0.5) is 0 Å². The molecule has 4 heteroatoms. The third kappa shape index (κ3) is 2.22. The third-order valence-corrected chi connectivity index (χ3v) is 3.79. The molecule has 0 saturated heterocycles. The summed E-state index contributed by atoms with van der Waals surface area (Å²) in [6.07, 6.45) is 2.82. The summed E-state index contributed by atoms with van der Waals surface area (Å²) in [7, 11) is 3.11. The van der Waals surface area contributed by atoms with Gasteiger partial charge in [-0.2, -0.15) is 0 Å². The summed E-state index contributed by atoms with van der Waals surface area (Å²) in [5.74, 6) is 1.41. The van der Waals surface area contributed by atoms with E-state index in [1.54, 1.807) is 20.3 Å². The minimum Gasteiger partial charge on any atom is -0.495 e. The van der Waals surface area contributed by atoms with Crippen molar-refractivity contribution < 1.29 is 14.6 Å². The maximum atomic E-state index is 10.3. The Bertz CT molecular complexity index is 402. The molecule has 0 radical (unpaired) electrons. The monoisotopic (exact) mass is 256 g/mol. The maximum Gasteiger partial charge on any atom is 0.147 e. The molecule has 1 aliphatic rings. The van der Waals surface area contributed by atoms with Crippen LogP contribution in [0.1, 0.15) is 30.9 Å². The highest BCUT2D eigenvalue weighted by Crippen LogP contribution is 2.45. The molecule has 1 N–H and O–H groups in total. The average Bonchev–Trinajstić information content (AvgIpc) is 2.26. The van der Waals surface area contributed by atoms with Crippen LogP contribution in [-0.2, 0) is 0 Å². The fourth-order valence-corrected chi connectivity index (χ4v) is 2.49. The molecule has 0 heterocycles. The predicted molar refractivity (Wildman–Crippen MR) is 66.9 cm³/mol. The Labute approximate surface area is 106 Å². The number of rotatable bonds is 4. The topological polar surface area (TPSA) is 38.7 Å². The quantitative estimate of drug-likeness (QED) is 0.899. The number of benzene rings is 1. The molecule has 1 fully saturated rings. The fraction of sp³-hybridized carbons (Fsp3) is 0.538. The fourth-order valence-electron chi connectivity index (χ4n) is 2.16. The van der Waals surface area contributed by atoms with E-state index in [0.29, 0.717) is 22.4 Å². The van der Waals surface area contributed by atoms with Crippen LogP contribution in [0.3, 0.4) is 0 Å². The third-order valence-electron chi connectivity index (χ3n) is 3.43. The van der Waals surface area contributed by atoms with E-state index in [9.17, 15) is 5.11 Å². The second-order valence-electron chi connectivity index (χ2n) is 4.34. The predicted octanol–water partition coefficient (Wildman–Crippen LogP) is 3.19. The van der Waals surface area contributed by atoms with Gasteiger partial charge in [0.15, 0.2) is 0 Å². The van der Waals surface area contributed by atoms with E-state index in [4.69, 9.17) is 21.1 Å². The zero-order valence-electron chi connectivity index (χ0n) is 10.1. The Morgan fingerprint density at radius 2 is 2.00 bits per heavy atom. The Balaban J connectivity index is 2.35. The zero-order valence-corrected chi connectivity index (χ0v) is 10.8. The SMILES string of the molecule is COc1ccc(C(O)C2CCC2)c(OC)c1Cl. The number of aliphatic hydroxyl groups excluding tert-OH is 1. The van der Waals surface area contributed by atoms with Crippen molar-refractivity contribution in [3.63, 3.8) is 0 Å². The summed E-state index contributed by atoms with van der Waals surface area (Å²) in [6, 6.07) is 3.59. The molecule has 0 aliphatic heterocycles. The van der Waals surface area contributed by atoms with Crippen molar-refractivity contribution in [2.24, 2.45) is 5.92 Å². The van der Waals surface area contributed by atoms with Gasteiger partial charge in [-0.25, -0.2) is 0 Å². The lowest BCUT2D eigenvalue weighted by atomic mass is 9.78. The smallest absolute Gasteiger partial charge is 0.147 e. The first-order chi connectivity index (χ1) is 8.19. The summed E-state index contributed by atoms with van der Waals surface area (Å²) in [4.78, 5) is 0. The second kappa shape index (κ2) is 5.15. The van der Waals surface area contributed by atoms with Crippen molar-refractivity contribution in [3.8, 4) is 11.5 Å². The van der Waals surface area contributed by atoms with Crippen LogP contribution in [0.25, 0.3) is 0 Å². The van der Waals surface area contributed by atoms with Crippen molar-refractivity contribution in [1.82, 2.24) is 0 Å². The van der Waals surface area contributed by atoms with Gasteiger partial charge in [0.05, 0.1) is 20.3 Å². The first-order valence-corrected chi connectivity index (χ1v) is 6.15. The van der Waals surface area contributed by atoms with E-state index >= 15 is 0 Å². The molecular formula is C13H17ClO3. The lowest BCUT2D eigenvalue weighted by Crippen LogP contribution is -2.20. The van der Waals surface area contributed by atoms with Gasteiger partial charge in [0.1, 0.15) is 16.5 Å². The molecule has 17 heavy (non-hydrogen) atoms. The van der Waals surface area contributed by atoms with E-state index < -0.39 is 6.10 Å². The number of aliphatic hydroxyl groups is 1. The first-order valence-electron chi connectivity index (χ1n) is 5.77. The van der Waals surface area contributed by atoms with E-state index in [-0.39, 0.29) is 0 Å². The Hall–Kier alpha value is -0.930. The molecule has 1 saturated carbocycles. The molecule has 1 aliphatic carbocycles. The van der Waals surface area contributed by atoms with Crippen LogP contribution >= 0.6 is 11.6 Å². The average molecular weight is 257 g/mol. The van der Waals surface area contributed by atoms with Gasteiger partial charge < -0.3 is 14.6 Å². The maximum absolute atomic E-state index is 10.3. The molecule has 2 rings (SSSR count). The summed E-state index contributed by atoms with van der Waals surface area (Å²) in [6.45, 7) is 0. The number of hydrogen-bond acceptors (Lipinski definition) is 3. The number of methoxy groups -OCH3 is 2. The van der Waals surface area contributed by atoms with Crippen molar-refractivity contribution in [2.45, 2.75) is 25.4 Å². The molecule has 1 aromatic rings. The minimum atomic E-state index is -0.498. The van der Waals surface area contributed by atoms with Crippen LogP contribution < -0.4 is 9.47 Å². The van der Waals surface area contributed by atoms with Gasteiger partial charge in [-0.15, -0.1) is 0 Å². The van der Waals surface area contributed by atoms with Crippen LogP contribution in [0.2, 0.25) is 5.02 Å². The van der Waals surface area contributed by atoms with Crippen molar-refractivity contribution in [1.29, 1.82) is 0 Å². The Morgan fingerprint density at radius 3 is 2.47 bits per heavy atom. The van der Waals surface area contributed by atoms with Crippen molar-refractivity contribution >= 4 is 11.6 Å². The molecule has 1 unspecified atom stereocenters. The highest BCUT2D eigenvalue weighted by atomic mass is 35.5. The molecule has 0 bridgehead atoms. The molecule has 3 nitrogen and oxygen atoms in total. The van der Waals surface area contributed by atoms with Crippen LogP contribution in [-0.4, -0.2) is 19.3 Å². The summed E-state index contributed by atoms with van der Waals surface area (Å²) in [5, 5.41) is 10.7. The molecule has 1 aromatic carbocycles. The number of ether oxygens (including phenoxy) is 2. The van der Waals surface area contributed by atoms with Gasteiger partial charge in [-0.3, -0.25) is 0 Å². The Morgan fingerprint density at radius 1 is 1.29 bits per heavy atom. The van der Waals surface area contributed by atoms with Gasteiger partial charge in [0, 0.05) is 5.56 Å². The number of hydrogen-bond donors (Lipinski definition) is 1. The molecule has 0 amide bonds. The van der Waals surface area contributed by atoms with E-state index in [2.05, 4.69) is 0 Å². The van der Waals surface area contributed by atoms with E-state index in [1.807, 2.05) is 6.07 Å². The molecule has 1 atom stereocenters. The highest BCUT2D eigenvalue weighted by molar-refractivity contribution is 6.33. The van der Waals surface area contributed by atoms with E-state index in [1.165, 1.54) is 6.42 Å². The largest absolute Gasteiger partial charge is 0.495 e. The highest BCUT2D eigenvalue weighted by Gasteiger charge is 2.30. The molecule has 0 spiro atoms. The lowest BCUT2D eigenvalue weighted by molar-refractivity contribution is 0.0600. The van der Waals surface area contributed by atoms with Crippen LogP contribution in [0, 0.1) is 5.92 Å². The van der Waals surface area contributed by atoms with Crippen molar-refractivity contribution in [2.75, 3.05) is 14.2 Å². The molecular weight excluding hydrogens is 240 g/mol. The van der Waals surface area contributed by atoms with Crippen LogP contribution in [0.5, 0.6) is 11.5 Å². The molecule has 0 aromatic heterocycles. The zero-order chi connectivity index (χ0) is 12.4. The number of halogens is 1. The standard InChI is InChI=1S/C13H17ClO3/c1-16-10-7-6-9(13(17-2)11(10)14)12(15)8-4-3-5-8/h6-8,12,15H,3-5H2,1-2H3. The van der Waals surface area contributed by atoms with Gasteiger partial charge in [-0.05, 0) is 30.9 Å². The summed E-state index contributed by atoms with van der Waals surface area (Å²) < 4.78 is 10.4. The summed E-state index contributed by atoms with van der Waals surface area (Å²) >= 11 is 6.16. The van der Waals surface area contributed by atoms with Gasteiger partial charge in [0.2, 0.25) is 0 Å². The normalized spacial score (nSPS) is 17.4. The molecule has 94 valence electrons. The van der Waals surface area contributed by atoms with Gasteiger partial charge >= 0.3 is 0 Å². The first kappa shape index (κ1) is 12.5. The van der Waals surface area contributed by atoms with Gasteiger partial charge in [-0.1, -0.05) is 18.0 Å². The van der Waals surface area contributed by atoms with Crippen LogP contribution in [0.15, 0.2) is 12.1 Å². The van der Waals surface area contributed by atoms with Crippen molar-refractivity contribution in [3.05, 3.63) is 22.7 Å². The Kier molecular flexibility index (Phi) is 3.79. The van der Waals surface area contributed by atoms with Gasteiger partial charge in [0.25, 0.3) is 0 Å². The second-order valence-corrected chi connectivity index (χ2v) is 4.72. The summed E-state index contributed by atoms with van der Waals surface area (Å²) in [5.41, 5.74) is 0.753. The van der Waals surface area contributed by atoms with E-state index in [0.717, 1.165) is 18.4 Å². The lowest BCUT2D eigenvalue weighted by Gasteiger charge is -2.31. The minimum absolute atomic E-state index is 0.327.